The van der Waals surface area contributed by atoms with Crippen molar-refractivity contribution in [3.63, 3.8) is 0 Å². The highest BCUT2D eigenvalue weighted by Gasteiger charge is 2.05. The number of benzene rings is 2. The zero-order valence-electron chi connectivity index (χ0n) is 9.44. The zero-order chi connectivity index (χ0) is 10.8. The molecule has 2 aromatic rings. The third-order valence-corrected chi connectivity index (χ3v) is 2.61. The van der Waals surface area contributed by atoms with Crippen molar-refractivity contribution in [2.24, 2.45) is 5.73 Å². The second-order valence-electron chi connectivity index (χ2n) is 3.72. The highest BCUT2D eigenvalue weighted by Crippen LogP contribution is 2.26. The number of halogens is 1. The lowest BCUT2D eigenvalue weighted by Gasteiger charge is -2.10. The molecule has 0 spiro atoms. The average Bonchev–Trinajstić information content (AvgIpc) is 2.27. The molecule has 0 heterocycles. The molecule has 1 unspecified atom stereocenters. The number of hydrogen-bond donors (Lipinski definition) is 1. The van der Waals surface area contributed by atoms with Crippen LogP contribution >= 0.6 is 12.4 Å². The minimum atomic E-state index is 0. The summed E-state index contributed by atoms with van der Waals surface area (Å²) in [5, 5.41) is 2.37. The summed E-state index contributed by atoms with van der Waals surface area (Å²) in [5.74, 6) is 0.871. The smallest absolute Gasteiger partial charge is 0.119 e. The van der Waals surface area contributed by atoms with Gasteiger partial charge in [-0.3, -0.25) is 0 Å². The fourth-order valence-corrected chi connectivity index (χ4v) is 1.80. The number of nitrogens with two attached hydrogens (primary N) is 1. The number of hydrogen-bond acceptors (Lipinski definition) is 2. The molecule has 3 heteroatoms. The average molecular weight is 238 g/mol. The minimum absolute atomic E-state index is 0. The molecule has 0 aliphatic carbocycles. The Labute approximate surface area is 102 Å². The summed E-state index contributed by atoms with van der Waals surface area (Å²) in [4.78, 5) is 0. The van der Waals surface area contributed by atoms with E-state index in [1.54, 1.807) is 7.11 Å². The molecule has 0 bridgehead atoms. The van der Waals surface area contributed by atoms with Crippen molar-refractivity contribution in [2.45, 2.75) is 13.0 Å². The van der Waals surface area contributed by atoms with Crippen LogP contribution < -0.4 is 10.5 Å². The Balaban J connectivity index is 0.00000128. The van der Waals surface area contributed by atoms with Crippen molar-refractivity contribution in [3.8, 4) is 5.75 Å². The molecule has 0 radical (unpaired) electrons. The van der Waals surface area contributed by atoms with E-state index in [0.29, 0.717) is 0 Å². The van der Waals surface area contributed by atoms with Gasteiger partial charge in [0, 0.05) is 6.04 Å². The molecule has 0 fully saturated rings. The standard InChI is InChI=1S/C13H15NO.ClH/c1-9(14)12-5-3-4-10-6-7-11(15-2)8-13(10)12;/h3-9H,14H2,1-2H3;1H. The minimum Gasteiger partial charge on any atom is -0.497 e. The fraction of sp³-hybridized carbons (Fsp3) is 0.231. The van der Waals surface area contributed by atoms with Crippen LogP contribution in [0, 0.1) is 0 Å². The molecular weight excluding hydrogens is 222 g/mol. The van der Waals surface area contributed by atoms with E-state index in [-0.39, 0.29) is 18.4 Å². The Hall–Kier alpha value is -1.25. The van der Waals surface area contributed by atoms with Crippen LogP contribution in [0.5, 0.6) is 5.75 Å². The van der Waals surface area contributed by atoms with Crippen LogP contribution in [-0.4, -0.2) is 7.11 Å². The Morgan fingerprint density at radius 1 is 1.19 bits per heavy atom. The van der Waals surface area contributed by atoms with Crippen LogP contribution in [0.4, 0.5) is 0 Å². The Morgan fingerprint density at radius 3 is 2.56 bits per heavy atom. The molecule has 0 aliphatic rings. The first-order valence-electron chi connectivity index (χ1n) is 5.04. The van der Waals surface area contributed by atoms with E-state index >= 15 is 0 Å². The predicted octanol–water partition coefficient (Wildman–Crippen LogP) is 3.29. The van der Waals surface area contributed by atoms with Gasteiger partial charge in [0.05, 0.1) is 7.11 Å². The maximum atomic E-state index is 5.93. The van der Waals surface area contributed by atoms with Crippen LogP contribution in [0.3, 0.4) is 0 Å². The molecule has 2 aromatic carbocycles. The number of methoxy groups -OCH3 is 1. The van der Waals surface area contributed by atoms with Gasteiger partial charge in [0.25, 0.3) is 0 Å². The van der Waals surface area contributed by atoms with E-state index in [1.165, 1.54) is 10.8 Å². The van der Waals surface area contributed by atoms with Crippen LogP contribution in [0.15, 0.2) is 36.4 Å². The second-order valence-corrected chi connectivity index (χ2v) is 3.72. The summed E-state index contributed by atoms with van der Waals surface area (Å²) >= 11 is 0. The van der Waals surface area contributed by atoms with Crippen LogP contribution in [0.1, 0.15) is 18.5 Å². The summed E-state index contributed by atoms with van der Waals surface area (Å²) in [6, 6.07) is 12.3. The van der Waals surface area contributed by atoms with Gasteiger partial charge in [0.1, 0.15) is 5.75 Å². The molecule has 0 aliphatic heterocycles. The zero-order valence-corrected chi connectivity index (χ0v) is 10.3. The lowest BCUT2D eigenvalue weighted by molar-refractivity contribution is 0.415. The van der Waals surface area contributed by atoms with E-state index in [2.05, 4.69) is 18.2 Å². The number of rotatable bonds is 2. The van der Waals surface area contributed by atoms with Crippen molar-refractivity contribution in [1.82, 2.24) is 0 Å². The van der Waals surface area contributed by atoms with Gasteiger partial charge in [-0.15, -0.1) is 12.4 Å². The topological polar surface area (TPSA) is 35.2 Å². The van der Waals surface area contributed by atoms with Crippen molar-refractivity contribution in [2.75, 3.05) is 7.11 Å². The molecule has 2 N–H and O–H groups in total. The Kier molecular flexibility index (Phi) is 4.16. The van der Waals surface area contributed by atoms with E-state index in [1.807, 2.05) is 25.1 Å². The third kappa shape index (κ3) is 2.29. The number of fused-ring (bicyclic) bond motifs is 1. The molecule has 2 rings (SSSR count). The fourth-order valence-electron chi connectivity index (χ4n) is 1.80. The van der Waals surface area contributed by atoms with Crippen molar-refractivity contribution < 1.29 is 4.74 Å². The summed E-state index contributed by atoms with van der Waals surface area (Å²) in [5.41, 5.74) is 7.09. The van der Waals surface area contributed by atoms with Crippen molar-refractivity contribution in [1.29, 1.82) is 0 Å². The van der Waals surface area contributed by atoms with Crippen LogP contribution in [-0.2, 0) is 0 Å². The molecule has 0 aromatic heterocycles. The lowest BCUT2D eigenvalue weighted by atomic mass is 10.00. The van der Waals surface area contributed by atoms with Crippen LogP contribution in [0.25, 0.3) is 10.8 Å². The SMILES string of the molecule is COc1ccc2cccc(C(C)N)c2c1.Cl. The Bertz CT molecular complexity index is 482. The maximum absolute atomic E-state index is 5.93. The van der Waals surface area contributed by atoms with E-state index in [0.717, 1.165) is 11.3 Å². The van der Waals surface area contributed by atoms with Gasteiger partial charge in [-0.2, -0.15) is 0 Å². The first-order valence-corrected chi connectivity index (χ1v) is 5.04. The van der Waals surface area contributed by atoms with Crippen molar-refractivity contribution >= 4 is 23.2 Å². The molecule has 86 valence electrons. The van der Waals surface area contributed by atoms with Gasteiger partial charge in [0.2, 0.25) is 0 Å². The van der Waals surface area contributed by atoms with Crippen LogP contribution in [0.2, 0.25) is 0 Å². The summed E-state index contributed by atoms with van der Waals surface area (Å²) in [6.45, 7) is 1.99. The first kappa shape index (κ1) is 12.8. The molecule has 0 saturated carbocycles. The number of ether oxygens (including phenoxy) is 1. The van der Waals surface area contributed by atoms with Gasteiger partial charge in [-0.05, 0) is 35.4 Å². The largest absolute Gasteiger partial charge is 0.497 e. The van der Waals surface area contributed by atoms with E-state index in [4.69, 9.17) is 10.5 Å². The molecule has 2 nitrogen and oxygen atoms in total. The summed E-state index contributed by atoms with van der Waals surface area (Å²) < 4.78 is 5.22. The van der Waals surface area contributed by atoms with Gasteiger partial charge in [-0.1, -0.05) is 24.3 Å². The predicted molar refractivity (Wildman–Crippen MR) is 70.4 cm³/mol. The molecule has 16 heavy (non-hydrogen) atoms. The molecule has 1 atom stereocenters. The van der Waals surface area contributed by atoms with Gasteiger partial charge in [-0.25, -0.2) is 0 Å². The quantitative estimate of drug-likeness (QED) is 0.870. The van der Waals surface area contributed by atoms with Crippen molar-refractivity contribution in [3.05, 3.63) is 42.0 Å². The molecule has 0 saturated heterocycles. The third-order valence-electron chi connectivity index (χ3n) is 2.61. The Morgan fingerprint density at radius 2 is 1.94 bits per heavy atom. The summed E-state index contributed by atoms with van der Waals surface area (Å²) in [7, 11) is 1.68. The normalized spacial score (nSPS) is 11.9. The van der Waals surface area contributed by atoms with E-state index < -0.39 is 0 Å². The van der Waals surface area contributed by atoms with E-state index in [9.17, 15) is 0 Å². The lowest BCUT2D eigenvalue weighted by Crippen LogP contribution is -2.05. The maximum Gasteiger partial charge on any atom is 0.119 e. The van der Waals surface area contributed by atoms with Gasteiger partial charge >= 0.3 is 0 Å². The molecular formula is C13H16ClNO. The second kappa shape index (κ2) is 5.19. The highest BCUT2D eigenvalue weighted by atomic mass is 35.5. The van der Waals surface area contributed by atoms with Gasteiger partial charge in [0.15, 0.2) is 0 Å². The first-order chi connectivity index (χ1) is 7.22. The molecule has 0 amide bonds. The summed E-state index contributed by atoms with van der Waals surface area (Å²) in [6.07, 6.45) is 0. The van der Waals surface area contributed by atoms with Gasteiger partial charge < -0.3 is 10.5 Å². The monoisotopic (exact) mass is 237 g/mol. The highest BCUT2D eigenvalue weighted by molar-refractivity contribution is 5.87.